The van der Waals surface area contributed by atoms with Gasteiger partial charge >= 0.3 is 0 Å². The summed E-state index contributed by atoms with van der Waals surface area (Å²) in [6, 6.07) is 3.86. The van der Waals surface area contributed by atoms with E-state index in [0.29, 0.717) is 12.5 Å². The van der Waals surface area contributed by atoms with E-state index in [-0.39, 0.29) is 17.4 Å². The van der Waals surface area contributed by atoms with Gasteiger partial charge in [0.2, 0.25) is 5.91 Å². The van der Waals surface area contributed by atoms with Gasteiger partial charge in [-0.05, 0) is 37.8 Å². The van der Waals surface area contributed by atoms with E-state index < -0.39 is 0 Å². The van der Waals surface area contributed by atoms with Crippen LogP contribution >= 0.6 is 0 Å². The minimum absolute atomic E-state index is 0.0273. The Morgan fingerprint density at radius 3 is 2.76 bits per heavy atom. The Labute approximate surface area is 147 Å². The van der Waals surface area contributed by atoms with E-state index >= 15 is 0 Å². The number of carbonyl (C=O) groups excluding carboxylic acids is 1. The van der Waals surface area contributed by atoms with Crippen molar-refractivity contribution in [3.63, 3.8) is 0 Å². The van der Waals surface area contributed by atoms with Crippen LogP contribution in [0.5, 0.6) is 0 Å². The van der Waals surface area contributed by atoms with Crippen molar-refractivity contribution >= 4 is 17.4 Å². The van der Waals surface area contributed by atoms with Gasteiger partial charge in [-0.2, -0.15) is 4.52 Å². The van der Waals surface area contributed by atoms with E-state index in [0.717, 1.165) is 37.4 Å². The van der Waals surface area contributed by atoms with E-state index in [1.807, 2.05) is 19.1 Å². The lowest BCUT2D eigenvalue weighted by atomic mass is 9.86. The molecule has 1 aliphatic rings. The van der Waals surface area contributed by atoms with Crippen LogP contribution in [-0.2, 0) is 4.79 Å². The molecule has 1 aliphatic heterocycles. The molecule has 0 saturated carbocycles. The normalized spacial score (nSPS) is 18.5. The van der Waals surface area contributed by atoms with Crippen LogP contribution in [-0.4, -0.2) is 50.9 Å². The summed E-state index contributed by atoms with van der Waals surface area (Å²) < 4.78 is 1.67. The van der Waals surface area contributed by atoms with Crippen molar-refractivity contribution in [2.75, 3.05) is 24.5 Å². The Morgan fingerprint density at radius 1 is 1.40 bits per heavy atom. The average Bonchev–Trinajstić information content (AvgIpc) is 3.09. The van der Waals surface area contributed by atoms with Crippen molar-refractivity contribution in [3.05, 3.63) is 18.5 Å². The Bertz CT molecular complexity index is 735. The molecule has 0 aromatic carbocycles. The van der Waals surface area contributed by atoms with Crippen molar-refractivity contribution in [1.82, 2.24) is 25.1 Å². The van der Waals surface area contributed by atoms with Gasteiger partial charge in [-0.25, -0.2) is 0 Å². The molecule has 0 aliphatic carbocycles. The number of nitrogens with two attached hydrogens (primary N) is 1. The highest BCUT2D eigenvalue weighted by Crippen LogP contribution is 2.24. The van der Waals surface area contributed by atoms with Crippen molar-refractivity contribution < 1.29 is 4.79 Å². The van der Waals surface area contributed by atoms with Crippen LogP contribution in [0.4, 0.5) is 5.82 Å². The summed E-state index contributed by atoms with van der Waals surface area (Å²) in [6.45, 7) is 8.24. The van der Waals surface area contributed by atoms with Crippen molar-refractivity contribution in [3.8, 4) is 0 Å². The summed E-state index contributed by atoms with van der Waals surface area (Å²) in [7, 11) is 0. The van der Waals surface area contributed by atoms with Crippen LogP contribution in [0.15, 0.2) is 18.5 Å². The topological polar surface area (TPSA) is 101 Å². The molecule has 136 valence electrons. The van der Waals surface area contributed by atoms with Gasteiger partial charge in [-0.1, -0.05) is 13.8 Å². The lowest BCUT2D eigenvalue weighted by Crippen LogP contribution is -2.57. The fourth-order valence-corrected chi connectivity index (χ4v) is 3.07. The molecule has 0 spiro atoms. The maximum Gasteiger partial charge on any atom is 0.223 e. The molecule has 1 amide bonds. The molecule has 2 aromatic rings. The fourth-order valence-electron chi connectivity index (χ4n) is 3.07. The maximum atomic E-state index is 12.6. The predicted octanol–water partition coefficient (Wildman–Crippen LogP) is 0.830. The molecule has 8 heteroatoms. The van der Waals surface area contributed by atoms with E-state index in [1.54, 1.807) is 10.8 Å². The van der Waals surface area contributed by atoms with Crippen LogP contribution < -0.4 is 16.0 Å². The Kier molecular flexibility index (Phi) is 4.89. The number of nitrogens with one attached hydrogen (secondary N) is 1. The first-order chi connectivity index (χ1) is 11.9. The summed E-state index contributed by atoms with van der Waals surface area (Å²) >= 11 is 0. The zero-order chi connectivity index (χ0) is 18.0. The van der Waals surface area contributed by atoms with Crippen molar-refractivity contribution in [1.29, 1.82) is 0 Å². The van der Waals surface area contributed by atoms with Crippen LogP contribution in [0.2, 0.25) is 0 Å². The third kappa shape index (κ3) is 3.58. The minimum Gasteiger partial charge on any atom is -0.355 e. The smallest absolute Gasteiger partial charge is 0.223 e. The highest BCUT2D eigenvalue weighted by Gasteiger charge is 2.33. The molecule has 1 atom stereocenters. The van der Waals surface area contributed by atoms with E-state index in [2.05, 4.69) is 39.4 Å². The van der Waals surface area contributed by atoms with Gasteiger partial charge in [0.1, 0.15) is 12.1 Å². The molecule has 3 rings (SSSR count). The van der Waals surface area contributed by atoms with E-state index in [4.69, 9.17) is 5.73 Å². The third-order valence-electron chi connectivity index (χ3n) is 5.44. The molecule has 3 heterocycles. The number of rotatable bonds is 5. The monoisotopic (exact) mass is 345 g/mol. The lowest BCUT2D eigenvalue weighted by Gasteiger charge is -2.37. The zero-order valence-electron chi connectivity index (χ0n) is 15.1. The van der Waals surface area contributed by atoms with Crippen LogP contribution in [0.3, 0.4) is 0 Å². The number of aromatic nitrogens is 4. The highest BCUT2D eigenvalue weighted by atomic mass is 16.2. The molecule has 8 nitrogen and oxygen atoms in total. The number of hydrogen-bond donors (Lipinski definition) is 2. The highest BCUT2D eigenvalue weighted by molar-refractivity contribution is 5.79. The number of carbonyl (C=O) groups is 1. The minimum atomic E-state index is -0.352. The van der Waals surface area contributed by atoms with Crippen molar-refractivity contribution in [2.45, 2.75) is 39.2 Å². The summed E-state index contributed by atoms with van der Waals surface area (Å²) in [4.78, 5) is 14.8. The fraction of sp³-hybridized carbons (Fsp3) is 0.647. The van der Waals surface area contributed by atoms with E-state index in [9.17, 15) is 4.79 Å². The average molecular weight is 345 g/mol. The Balaban J connectivity index is 1.60. The largest absolute Gasteiger partial charge is 0.355 e. The number of anilines is 1. The van der Waals surface area contributed by atoms with Gasteiger partial charge in [0.25, 0.3) is 0 Å². The van der Waals surface area contributed by atoms with Gasteiger partial charge in [0, 0.05) is 25.6 Å². The van der Waals surface area contributed by atoms with Gasteiger partial charge < -0.3 is 16.0 Å². The Morgan fingerprint density at radius 2 is 2.12 bits per heavy atom. The first-order valence-electron chi connectivity index (χ1n) is 8.87. The van der Waals surface area contributed by atoms with Crippen LogP contribution in [0.1, 0.15) is 33.6 Å². The molecule has 1 fully saturated rings. The van der Waals surface area contributed by atoms with Gasteiger partial charge in [-0.3, -0.25) is 4.79 Å². The van der Waals surface area contributed by atoms with Gasteiger partial charge in [-0.15, -0.1) is 15.3 Å². The number of hydrogen-bond acceptors (Lipinski definition) is 6. The first-order valence-corrected chi connectivity index (χ1v) is 8.87. The third-order valence-corrected chi connectivity index (χ3v) is 5.44. The summed E-state index contributed by atoms with van der Waals surface area (Å²) in [6.07, 6.45) is 3.22. The summed E-state index contributed by atoms with van der Waals surface area (Å²) in [5.74, 6) is 1.32. The molecule has 3 N–H and O–H groups in total. The molecule has 0 radical (unpaired) electrons. The molecule has 1 saturated heterocycles. The van der Waals surface area contributed by atoms with Gasteiger partial charge in [0.15, 0.2) is 5.65 Å². The first kappa shape index (κ1) is 17.6. The predicted molar refractivity (Wildman–Crippen MR) is 96.2 cm³/mol. The molecule has 2 aromatic heterocycles. The van der Waals surface area contributed by atoms with Crippen LogP contribution in [0, 0.1) is 11.8 Å². The number of amides is 1. The molecule has 1 unspecified atom stereocenters. The lowest BCUT2D eigenvalue weighted by molar-refractivity contribution is -0.127. The quantitative estimate of drug-likeness (QED) is 0.832. The van der Waals surface area contributed by atoms with Crippen molar-refractivity contribution in [2.24, 2.45) is 17.6 Å². The molecule has 0 bridgehead atoms. The standard InChI is InChI=1S/C17H27N7O/c1-12(2)17(3,10-18)20-16(25)13-6-8-23(9-7-13)15-5-4-14-21-19-11-24(14)22-15/h4-5,11-13H,6-10,18H2,1-3H3,(H,20,25). The zero-order valence-corrected chi connectivity index (χ0v) is 15.1. The molecule has 25 heavy (non-hydrogen) atoms. The second-order valence-electron chi connectivity index (χ2n) is 7.35. The molecular weight excluding hydrogens is 318 g/mol. The second-order valence-corrected chi connectivity index (χ2v) is 7.35. The summed E-state index contributed by atoms with van der Waals surface area (Å²) in [5, 5.41) is 15.5. The summed E-state index contributed by atoms with van der Waals surface area (Å²) in [5.41, 5.74) is 6.25. The number of nitrogens with zero attached hydrogens (tertiary/aromatic N) is 5. The van der Waals surface area contributed by atoms with Crippen LogP contribution in [0.25, 0.3) is 5.65 Å². The maximum absolute atomic E-state index is 12.6. The molecular formula is C17H27N7O. The number of fused-ring (bicyclic) bond motifs is 1. The number of piperidine rings is 1. The van der Waals surface area contributed by atoms with E-state index in [1.165, 1.54) is 0 Å². The second kappa shape index (κ2) is 6.95. The van der Waals surface area contributed by atoms with Gasteiger partial charge in [0.05, 0.1) is 5.54 Å². The SMILES string of the molecule is CC(C)C(C)(CN)NC(=O)C1CCN(c2ccc3nncn3n2)CC1. The Hall–Kier alpha value is -2.22.